The van der Waals surface area contributed by atoms with Crippen LogP contribution >= 0.6 is 0 Å². The van der Waals surface area contributed by atoms with E-state index in [1.807, 2.05) is 18.2 Å². The fraction of sp³-hybridized carbons (Fsp3) is 0.167. The SMILES string of the molecule is COc1ccc(-c2cncc(N)n2)cc1OC. The minimum atomic E-state index is 0.386. The maximum Gasteiger partial charge on any atom is 0.161 e. The van der Waals surface area contributed by atoms with Crippen LogP contribution in [0.1, 0.15) is 0 Å². The molecule has 0 saturated carbocycles. The van der Waals surface area contributed by atoms with Crippen molar-refractivity contribution >= 4 is 5.82 Å². The number of anilines is 1. The third-order valence-corrected chi connectivity index (χ3v) is 2.33. The summed E-state index contributed by atoms with van der Waals surface area (Å²) >= 11 is 0. The van der Waals surface area contributed by atoms with Gasteiger partial charge in [0.25, 0.3) is 0 Å². The van der Waals surface area contributed by atoms with Crippen molar-refractivity contribution < 1.29 is 9.47 Å². The van der Waals surface area contributed by atoms with E-state index < -0.39 is 0 Å². The monoisotopic (exact) mass is 231 g/mol. The quantitative estimate of drug-likeness (QED) is 0.871. The molecule has 17 heavy (non-hydrogen) atoms. The Balaban J connectivity index is 2.46. The van der Waals surface area contributed by atoms with Gasteiger partial charge in [-0.05, 0) is 18.2 Å². The zero-order valence-corrected chi connectivity index (χ0v) is 9.68. The van der Waals surface area contributed by atoms with Gasteiger partial charge < -0.3 is 15.2 Å². The Bertz CT molecular complexity index is 529. The van der Waals surface area contributed by atoms with E-state index >= 15 is 0 Å². The van der Waals surface area contributed by atoms with Gasteiger partial charge in [-0.25, -0.2) is 4.98 Å². The molecule has 0 spiro atoms. The second-order valence-electron chi connectivity index (χ2n) is 3.40. The van der Waals surface area contributed by atoms with Crippen LogP contribution in [0.15, 0.2) is 30.6 Å². The molecule has 0 aliphatic rings. The first-order valence-corrected chi connectivity index (χ1v) is 5.04. The zero-order valence-electron chi connectivity index (χ0n) is 9.68. The number of nitrogens with zero attached hydrogens (tertiary/aromatic N) is 2. The van der Waals surface area contributed by atoms with Crippen molar-refractivity contribution in [3.05, 3.63) is 30.6 Å². The van der Waals surface area contributed by atoms with Crippen LogP contribution in [-0.2, 0) is 0 Å². The van der Waals surface area contributed by atoms with E-state index in [1.54, 1.807) is 20.4 Å². The third-order valence-electron chi connectivity index (χ3n) is 2.33. The molecule has 0 amide bonds. The topological polar surface area (TPSA) is 70.3 Å². The number of nitrogen functional groups attached to an aromatic ring is 1. The summed E-state index contributed by atoms with van der Waals surface area (Å²) in [6.07, 6.45) is 3.15. The first-order valence-electron chi connectivity index (χ1n) is 5.04. The molecule has 2 N–H and O–H groups in total. The lowest BCUT2D eigenvalue weighted by Gasteiger charge is -2.09. The molecule has 0 radical (unpaired) electrons. The summed E-state index contributed by atoms with van der Waals surface area (Å²) < 4.78 is 10.4. The second-order valence-corrected chi connectivity index (χ2v) is 3.40. The van der Waals surface area contributed by atoms with E-state index in [2.05, 4.69) is 9.97 Å². The molecule has 2 aromatic rings. The standard InChI is InChI=1S/C12H13N3O2/c1-16-10-4-3-8(5-11(10)17-2)9-6-14-7-12(13)15-9/h3-7H,1-2H3,(H2,13,15). The molecule has 0 bridgehead atoms. The smallest absolute Gasteiger partial charge is 0.161 e. The van der Waals surface area contributed by atoms with Crippen LogP contribution in [0.25, 0.3) is 11.3 Å². The Kier molecular flexibility index (Phi) is 3.09. The summed E-state index contributed by atoms with van der Waals surface area (Å²) in [5.41, 5.74) is 7.17. The predicted octanol–water partition coefficient (Wildman–Crippen LogP) is 1.74. The lowest BCUT2D eigenvalue weighted by molar-refractivity contribution is 0.355. The van der Waals surface area contributed by atoms with Crippen molar-refractivity contribution in [3.8, 4) is 22.8 Å². The molecular weight excluding hydrogens is 218 g/mol. The number of hydrogen-bond donors (Lipinski definition) is 1. The number of benzene rings is 1. The molecule has 0 aliphatic heterocycles. The normalized spacial score (nSPS) is 10.0. The average Bonchev–Trinajstić information content (AvgIpc) is 2.38. The second kappa shape index (κ2) is 4.69. The van der Waals surface area contributed by atoms with E-state index in [1.165, 1.54) is 6.20 Å². The lowest BCUT2D eigenvalue weighted by Crippen LogP contribution is -1.95. The van der Waals surface area contributed by atoms with Gasteiger partial charge in [0.1, 0.15) is 5.82 Å². The van der Waals surface area contributed by atoms with Crippen molar-refractivity contribution in [1.29, 1.82) is 0 Å². The Hall–Kier alpha value is -2.30. The number of ether oxygens (including phenoxy) is 2. The molecule has 1 aromatic carbocycles. The Labute approximate surface area is 99.2 Å². The molecule has 0 aliphatic carbocycles. The van der Waals surface area contributed by atoms with Gasteiger partial charge in [-0.3, -0.25) is 4.98 Å². The average molecular weight is 231 g/mol. The fourth-order valence-corrected chi connectivity index (χ4v) is 1.52. The molecule has 0 atom stereocenters. The summed E-state index contributed by atoms with van der Waals surface area (Å²) in [6.45, 7) is 0. The maximum absolute atomic E-state index is 5.59. The molecule has 88 valence electrons. The van der Waals surface area contributed by atoms with Gasteiger partial charge in [0.05, 0.1) is 32.3 Å². The van der Waals surface area contributed by atoms with E-state index in [0.29, 0.717) is 23.0 Å². The molecule has 0 saturated heterocycles. The summed E-state index contributed by atoms with van der Waals surface area (Å²) in [5, 5.41) is 0. The summed E-state index contributed by atoms with van der Waals surface area (Å²) in [6, 6.07) is 5.53. The number of methoxy groups -OCH3 is 2. The van der Waals surface area contributed by atoms with Gasteiger partial charge in [-0.2, -0.15) is 0 Å². The molecule has 2 rings (SSSR count). The van der Waals surface area contributed by atoms with Gasteiger partial charge in [-0.15, -0.1) is 0 Å². The lowest BCUT2D eigenvalue weighted by atomic mass is 10.1. The van der Waals surface area contributed by atoms with Gasteiger partial charge in [0, 0.05) is 5.56 Å². The van der Waals surface area contributed by atoms with Crippen LogP contribution in [0.5, 0.6) is 11.5 Å². The van der Waals surface area contributed by atoms with Crippen molar-refractivity contribution in [3.63, 3.8) is 0 Å². The van der Waals surface area contributed by atoms with Gasteiger partial charge in [0.2, 0.25) is 0 Å². The van der Waals surface area contributed by atoms with Crippen LogP contribution < -0.4 is 15.2 Å². The third kappa shape index (κ3) is 2.28. The molecule has 5 nitrogen and oxygen atoms in total. The highest BCUT2D eigenvalue weighted by molar-refractivity contribution is 5.64. The Morgan fingerprint density at radius 1 is 1.06 bits per heavy atom. The van der Waals surface area contributed by atoms with Crippen LogP contribution in [0.4, 0.5) is 5.82 Å². The minimum absolute atomic E-state index is 0.386. The molecule has 0 unspecified atom stereocenters. The van der Waals surface area contributed by atoms with Crippen molar-refractivity contribution in [1.82, 2.24) is 9.97 Å². The summed E-state index contributed by atoms with van der Waals surface area (Å²) in [7, 11) is 3.19. The van der Waals surface area contributed by atoms with E-state index in [-0.39, 0.29) is 0 Å². The molecule has 1 aromatic heterocycles. The molecular formula is C12H13N3O2. The van der Waals surface area contributed by atoms with E-state index in [0.717, 1.165) is 5.56 Å². The first kappa shape index (κ1) is 11.2. The predicted molar refractivity (Wildman–Crippen MR) is 65.0 cm³/mol. The highest BCUT2D eigenvalue weighted by Crippen LogP contribution is 2.31. The van der Waals surface area contributed by atoms with Crippen molar-refractivity contribution in [2.75, 3.05) is 20.0 Å². The van der Waals surface area contributed by atoms with E-state index in [9.17, 15) is 0 Å². The van der Waals surface area contributed by atoms with Gasteiger partial charge >= 0.3 is 0 Å². The molecule has 0 fully saturated rings. The first-order chi connectivity index (χ1) is 8.24. The van der Waals surface area contributed by atoms with Crippen LogP contribution in [0.3, 0.4) is 0 Å². The van der Waals surface area contributed by atoms with Crippen LogP contribution in [-0.4, -0.2) is 24.2 Å². The van der Waals surface area contributed by atoms with Crippen molar-refractivity contribution in [2.45, 2.75) is 0 Å². The largest absolute Gasteiger partial charge is 0.493 e. The number of aromatic nitrogens is 2. The number of hydrogen-bond acceptors (Lipinski definition) is 5. The van der Waals surface area contributed by atoms with Crippen molar-refractivity contribution in [2.24, 2.45) is 0 Å². The van der Waals surface area contributed by atoms with Crippen LogP contribution in [0.2, 0.25) is 0 Å². The maximum atomic E-state index is 5.59. The molecule has 5 heteroatoms. The fourth-order valence-electron chi connectivity index (χ4n) is 1.52. The highest BCUT2D eigenvalue weighted by Gasteiger charge is 2.07. The number of nitrogens with two attached hydrogens (primary N) is 1. The number of rotatable bonds is 3. The zero-order chi connectivity index (χ0) is 12.3. The molecule has 1 heterocycles. The summed E-state index contributed by atoms with van der Waals surface area (Å²) in [4.78, 5) is 8.19. The Morgan fingerprint density at radius 2 is 1.82 bits per heavy atom. The van der Waals surface area contributed by atoms with Gasteiger partial charge in [0.15, 0.2) is 11.5 Å². The van der Waals surface area contributed by atoms with Gasteiger partial charge in [-0.1, -0.05) is 0 Å². The van der Waals surface area contributed by atoms with E-state index in [4.69, 9.17) is 15.2 Å². The minimum Gasteiger partial charge on any atom is -0.493 e. The summed E-state index contributed by atoms with van der Waals surface area (Å²) in [5.74, 6) is 1.71. The Morgan fingerprint density at radius 3 is 2.47 bits per heavy atom. The van der Waals surface area contributed by atoms with Crippen LogP contribution in [0, 0.1) is 0 Å². The highest BCUT2D eigenvalue weighted by atomic mass is 16.5.